The van der Waals surface area contributed by atoms with Crippen molar-refractivity contribution in [3.05, 3.63) is 48.0 Å². The molecule has 0 atom stereocenters. The molecule has 1 saturated carbocycles. The van der Waals surface area contributed by atoms with Crippen molar-refractivity contribution in [2.45, 2.75) is 57.4 Å². The Kier molecular flexibility index (Phi) is 8.08. The van der Waals surface area contributed by atoms with Crippen molar-refractivity contribution >= 4 is 11.9 Å². The Morgan fingerprint density at radius 3 is 2.58 bits per heavy atom. The number of carbonyl (C=O) groups is 2. The van der Waals surface area contributed by atoms with Gasteiger partial charge in [0.05, 0.1) is 12.2 Å². The normalized spacial score (nSPS) is 15.3. The van der Waals surface area contributed by atoms with Crippen molar-refractivity contribution in [1.82, 2.24) is 5.32 Å². The van der Waals surface area contributed by atoms with Gasteiger partial charge in [0.1, 0.15) is 0 Å². The molecule has 2 rings (SSSR count). The molecule has 1 aliphatic rings. The Labute approximate surface area is 144 Å². The number of amides is 1. The molecule has 1 aromatic carbocycles. The van der Waals surface area contributed by atoms with Gasteiger partial charge < -0.3 is 10.1 Å². The van der Waals surface area contributed by atoms with Crippen LogP contribution in [0.3, 0.4) is 0 Å². The first-order valence-electron chi connectivity index (χ1n) is 8.95. The van der Waals surface area contributed by atoms with E-state index in [1.165, 1.54) is 19.3 Å². The summed E-state index contributed by atoms with van der Waals surface area (Å²) in [5.74, 6) is -0.268. The monoisotopic (exact) mass is 329 g/mol. The highest BCUT2D eigenvalue weighted by molar-refractivity contribution is 5.89. The minimum Gasteiger partial charge on any atom is -0.462 e. The smallest absolute Gasteiger partial charge is 0.338 e. The standard InChI is InChI=1S/C20H27NO3/c22-19(21-18-13-7-4-8-14-18)15-9-1-2-10-16-24-20(23)17-11-5-3-6-12-17/h3,5-6,9,11-12,15,18H,1-2,4,7-8,10,13-14,16H2,(H,21,22)/b15-9+. The highest BCUT2D eigenvalue weighted by atomic mass is 16.5. The van der Waals surface area contributed by atoms with E-state index >= 15 is 0 Å². The average molecular weight is 329 g/mol. The van der Waals surface area contributed by atoms with E-state index in [-0.39, 0.29) is 11.9 Å². The first kappa shape index (κ1) is 18.2. The summed E-state index contributed by atoms with van der Waals surface area (Å²) in [4.78, 5) is 23.5. The van der Waals surface area contributed by atoms with E-state index in [4.69, 9.17) is 4.74 Å². The maximum atomic E-state index is 11.8. The molecule has 0 saturated heterocycles. The van der Waals surface area contributed by atoms with E-state index < -0.39 is 0 Å². The van der Waals surface area contributed by atoms with Gasteiger partial charge in [-0.05, 0) is 50.3 Å². The summed E-state index contributed by atoms with van der Waals surface area (Å²) < 4.78 is 5.21. The van der Waals surface area contributed by atoms with Gasteiger partial charge in [-0.2, -0.15) is 0 Å². The Bertz CT molecular complexity index is 533. The molecule has 24 heavy (non-hydrogen) atoms. The van der Waals surface area contributed by atoms with Crippen LogP contribution < -0.4 is 5.32 Å². The molecule has 0 unspecified atom stereocenters. The van der Waals surface area contributed by atoms with Gasteiger partial charge in [-0.3, -0.25) is 4.79 Å². The molecule has 0 spiro atoms. The topological polar surface area (TPSA) is 55.4 Å². The first-order chi connectivity index (χ1) is 11.8. The Hall–Kier alpha value is -2.10. The van der Waals surface area contributed by atoms with Crippen LogP contribution in [0.1, 0.15) is 61.7 Å². The van der Waals surface area contributed by atoms with Gasteiger partial charge in [-0.1, -0.05) is 43.5 Å². The summed E-state index contributed by atoms with van der Waals surface area (Å²) in [6.45, 7) is 0.413. The number of allylic oxidation sites excluding steroid dienone is 1. The molecule has 1 aromatic rings. The third kappa shape index (κ3) is 6.99. The number of ether oxygens (including phenoxy) is 1. The summed E-state index contributed by atoms with van der Waals surface area (Å²) in [7, 11) is 0. The quantitative estimate of drug-likeness (QED) is 0.445. The van der Waals surface area contributed by atoms with Gasteiger partial charge in [-0.15, -0.1) is 0 Å². The number of carbonyl (C=O) groups excluding carboxylic acids is 2. The van der Waals surface area contributed by atoms with Crippen molar-refractivity contribution in [2.24, 2.45) is 0 Å². The van der Waals surface area contributed by atoms with Crippen LogP contribution in [0.5, 0.6) is 0 Å². The van der Waals surface area contributed by atoms with Crippen LogP contribution in [0.25, 0.3) is 0 Å². The van der Waals surface area contributed by atoms with E-state index in [0.717, 1.165) is 32.1 Å². The fourth-order valence-electron chi connectivity index (χ4n) is 2.87. The van der Waals surface area contributed by atoms with Crippen LogP contribution in [0.15, 0.2) is 42.5 Å². The Morgan fingerprint density at radius 1 is 1.08 bits per heavy atom. The molecule has 0 aliphatic heterocycles. The van der Waals surface area contributed by atoms with Crippen LogP contribution in [0.2, 0.25) is 0 Å². The van der Waals surface area contributed by atoms with Crippen LogP contribution in [0, 0.1) is 0 Å². The summed E-state index contributed by atoms with van der Waals surface area (Å²) >= 11 is 0. The Morgan fingerprint density at radius 2 is 1.83 bits per heavy atom. The lowest BCUT2D eigenvalue weighted by Gasteiger charge is -2.21. The maximum absolute atomic E-state index is 11.8. The summed E-state index contributed by atoms with van der Waals surface area (Å²) in [5, 5.41) is 3.06. The zero-order valence-corrected chi connectivity index (χ0v) is 14.2. The van der Waals surface area contributed by atoms with E-state index in [1.54, 1.807) is 18.2 Å². The second kappa shape index (κ2) is 10.6. The fraction of sp³-hybridized carbons (Fsp3) is 0.500. The molecule has 0 aromatic heterocycles. The number of esters is 1. The molecular formula is C20H27NO3. The number of nitrogens with one attached hydrogen (secondary N) is 1. The molecule has 0 bridgehead atoms. The van der Waals surface area contributed by atoms with E-state index in [1.807, 2.05) is 24.3 Å². The minimum atomic E-state index is -0.280. The molecule has 4 heteroatoms. The van der Waals surface area contributed by atoms with Gasteiger partial charge in [-0.25, -0.2) is 4.79 Å². The Balaban J connectivity index is 1.51. The summed E-state index contributed by atoms with van der Waals surface area (Å²) in [5.41, 5.74) is 0.580. The second-order valence-electron chi connectivity index (χ2n) is 6.24. The van der Waals surface area contributed by atoms with Crippen molar-refractivity contribution in [3.63, 3.8) is 0 Å². The van der Waals surface area contributed by atoms with Gasteiger partial charge in [0.25, 0.3) is 0 Å². The number of hydrogen-bond donors (Lipinski definition) is 1. The largest absolute Gasteiger partial charge is 0.462 e. The van der Waals surface area contributed by atoms with Crippen molar-refractivity contribution < 1.29 is 14.3 Å². The summed E-state index contributed by atoms with van der Waals surface area (Å²) in [6, 6.07) is 9.35. The molecule has 1 amide bonds. The van der Waals surface area contributed by atoms with Crippen LogP contribution in [-0.4, -0.2) is 24.5 Å². The SMILES string of the molecule is O=C(/C=C/CCCCOC(=O)c1ccccc1)NC1CCCCC1. The van der Waals surface area contributed by atoms with Crippen molar-refractivity contribution in [1.29, 1.82) is 0 Å². The van der Waals surface area contributed by atoms with Gasteiger partial charge >= 0.3 is 5.97 Å². The number of benzene rings is 1. The highest BCUT2D eigenvalue weighted by Gasteiger charge is 2.13. The maximum Gasteiger partial charge on any atom is 0.338 e. The predicted octanol–water partition coefficient (Wildman–Crippen LogP) is 4.02. The molecule has 130 valence electrons. The van der Waals surface area contributed by atoms with Crippen molar-refractivity contribution in [3.8, 4) is 0 Å². The zero-order valence-electron chi connectivity index (χ0n) is 14.2. The van der Waals surface area contributed by atoms with Gasteiger partial charge in [0.15, 0.2) is 0 Å². The molecule has 1 N–H and O–H groups in total. The molecular weight excluding hydrogens is 302 g/mol. The average Bonchev–Trinajstić information content (AvgIpc) is 2.62. The van der Waals surface area contributed by atoms with Gasteiger partial charge in [0.2, 0.25) is 5.91 Å². The van der Waals surface area contributed by atoms with Crippen LogP contribution in [0.4, 0.5) is 0 Å². The zero-order chi connectivity index (χ0) is 17.0. The fourth-order valence-corrected chi connectivity index (χ4v) is 2.87. The van der Waals surface area contributed by atoms with Crippen LogP contribution >= 0.6 is 0 Å². The highest BCUT2D eigenvalue weighted by Crippen LogP contribution is 2.17. The molecule has 0 heterocycles. The second-order valence-corrected chi connectivity index (χ2v) is 6.24. The number of unbranched alkanes of at least 4 members (excludes halogenated alkanes) is 2. The van der Waals surface area contributed by atoms with E-state index in [0.29, 0.717) is 18.2 Å². The van der Waals surface area contributed by atoms with Gasteiger partial charge in [0, 0.05) is 6.04 Å². The van der Waals surface area contributed by atoms with Crippen LogP contribution in [-0.2, 0) is 9.53 Å². The molecule has 4 nitrogen and oxygen atoms in total. The van der Waals surface area contributed by atoms with E-state index in [2.05, 4.69) is 5.32 Å². The third-order valence-corrected chi connectivity index (χ3v) is 4.23. The third-order valence-electron chi connectivity index (χ3n) is 4.23. The van der Waals surface area contributed by atoms with Crippen molar-refractivity contribution in [2.75, 3.05) is 6.61 Å². The lowest BCUT2D eigenvalue weighted by Crippen LogP contribution is -2.34. The number of hydrogen-bond acceptors (Lipinski definition) is 3. The molecule has 0 radical (unpaired) electrons. The predicted molar refractivity (Wildman–Crippen MR) is 94.7 cm³/mol. The minimum absolute atomic E-state index is 0.0115. The molecule has 1 aliphatic carbocycles. The lowest BCUT2D eigenvalue weighted by atomic mass is 9.95. The van der Waals surface area contributed by atoms with E-state index in [9.17, 15) is 9.59 Å². The first-order valence-corrected chi connectivity index (χ1v) is 8.95. The summed E-state index contributed by atoms with van der Waals surface area (Å²) in [6.07, 6.45) is 12.0. The molecule has 1 fully saturated rings. The number of rotatable bonds is 8. The lowest BCUT2D eigenvalue weighted by molar-refractivity contribution is -0.117.